The zero-order chi connectivity index (χ0) is 17.1. The van der Waals surface area contributed by atoms with Gasteiger partial charge in [0.1, 0.15) is 5.82 Å². The molecular formula is C18H21ClN4O. The predicted molar refractivity (Wildman–Crippen MR) is 97.9 cm³/mol. The van der Waals surface area contributed by atoms with Crippen molar-refractivity contribution in [2.24, 2.45) is 0 Å². The summed E-state index contributed by atoms with van der Waals surface area (Å²) in [5.41, 5.74) is 4.84. The van der Waals surface area contributed by atoms with Gasteiger partial charge in [0.15, 0.2) is 5.65 Å². The van der Waals surface area contributed by atoms with Crippen molar-refractivity contribution in [3.05, 3.63) is 46.7 Å². The van der Waals surface area contributed by atoms with Gasteiger partial charge in [0.05, 0.1) is 5.69 Å². The minimum absolute atomic E-state index is 0.720. The topological polar surface area (TPSA) is 51.5 Å². The van der Waals surface area contributed by atoms with Crippen LogP contribution in [0.25, 0.3) is 16.8 Å². The van der Waals surface area contributed by atoms with Gasteiger partial charge < -0.3 is 10.1 Å². The number of methoxy groups -OCH3 is 1. The molecule has 0 bridgehead atoms. The van der Waals surface area contributed by atoms with Crippen LogP contribution in [0.2, 0.25) is 5.02 Å². The molecule has 1 N–H and O–H groups in total. The van der Waals surface area contributed by atoms with E-state index in [1.165, 1.54) is 0 Å². The molecule has 2 aromatic heterocycles. The van der Waals surface area contributed by atoms with Crippen LogP contribution >= 0.6 is 11.6 Å². The van der Waals surface area contributed by atoms with Crippen molar-refractivity contribution >= 4 is 23.1 Å². The highest BCUT2D eigenvalue weighted by atomic mass is 35.5. The van der Waals surface area contributed by atoms with Crippen molar-refractivity contribution in [3.8, 4) is 11.1 Å². The molecule has 0 unspecified atom stereocenters. The molecule has 0 aliphatic rings. The maximum absolute atomic E-state index is 6.01. The molecule has 0 aliphatic carbocycles. The van der Waals surface area contributed by atoms with Gasteiger partial charge in [-0.3, -0.25) is 0 Å². The van der Waals surface area contributed by atoms with Crippen LogP contribution in [0.4, 0.5) is 5.82 Å². The van der Waals surface area contributed by atoms with E-state index in [9.17, 15) is 0 Å². The summed E-state index contributed by atoms with van der Waals surface area (Å²) >= 11 is 6.01. The molecule has 3 rings (SSSR count). The first-order valence-corrected chi connectivity index (χ1v) is 8.33. The summed E-state index contributed by atoms with van der Waals surface area (Å²) < 4.78 is 6.97. The molecule has 0 atom stereocenters. The molecule has 2 heterocycles. The number of hydrogen-bond acceptors (Lipinski definition) is 4. The molecule has 0 saturated carbocycles. The van der Waals surface area contributed by atoms with Crippen molar-refractivity contribution in [2.75, 3.05) is 25.6 Å². The number of anilines is 1. The Kier molecular flexibility index (Phi) is 5.02. The Morgan fingerprint density at radius 1 is 1.21 bits per heavy atom. The van der Waals surface area contributed by atoms with Crippen molar-refractivity contribution in [1.82, 2.24) is 14.6 Å². The highest BCUT2D eigenvalue weighted by Gasteiger charge is 2.15. The largest absolute Gasteiger partial charge is 0.385 e. The van der Waals surface area contributed by atoms with Crippen LogP contribution < -0.4 is 5.32 Å². The normalized spacial score (nSPS) is 11.2. The van der Waals surface area contributed by atoms with Crippen molar-refractivity contribution in [2.45, 2.75) is 20.3 Å². The van der Waals surface area contributed by atoms with Gasteiger partial charge in [-0.25, -0.2) is 4.98 Å². The summed E-state index contributed by atoms with van der Waals surface area (Å²) in [6.07, 6.45) is 0.934. The molecule has 0 fully saturated rings. The molecule has 0 radical (unpaired) electrons. The fourth-order valence-electron chi connectivity index (χ4n) is 2.76. The molecule has 126 valence electrons. The zero-order valence-corrected chi connectivity index (χ0v) is 14.9. The average Bonchev–Trinajstić information content (AvgIpc) is 2.88. The van der Waals surface area contributed by atoms with E-state index in [4.69, 9.17) is 21.3 Å². The van der Waals surface area contributed by atoms with Gasteiger partial charge in [0.2, 0.25) is 0 Å². The number of hydrogen-bond donors (Lipinski definition) is 1. The second-order valence-corrected chi connectivity index (χ2v) is 6.20. The van der Waals surface area contributed by atoms with Gasteiger partial charge in [-0.15, -0.1) is 0 Å². The highest BCUT2D eigenvalue weighted by molar-refractivity contribution is 6.30. The smallest absolute Gasteiger partial charge is 0.165 e. The monoisotopic (exact) mass is 344 g/mol. The van der Waals surface area contributed by atoms with Crippen molar-refractivity contribution in [1.29, 1.82) is 0 Å². The second kappa shape index (κ2) is 7.20. The number of halogens is 1. The van der Waals surface area contributed by atoms with E-state index in [-0.39, 0.29) is 0 Å². The van der Waals surface area contributed by atoms with E-state index in [0.717, 1.165) is 58.6 Å². The van der Waals surface area contributed by atoms with Gasteiger partial charge >= 0.3 is 0 Å². The van der Waals surface area contributed by atoms with Crippen LogP contribution in [-0.4, -0.2) is 34.9 Å². The lowest BCUT2D eigenvalue weighted by molar-refractivity contribution is 0.197. The molecule has 0 spiro atoms. The lowest BCUT2D eigenvalue weighted by Crippen LogP contribution is -2.09. The lowest BCUT2D eigenvalue weighted by atomic mass is 10.1. The van der Waals surface area contributed by atoms with E-state index in [2.05, 4.69) is 10.4 Å². The number of benzene rings is 1. The average molecular weight is 345 g/mol. The molecule has 24 heavy (non-hydrogen) atoms. The summed E-state index contributed by atoms with van der Waals surface area (Å²) in [7, 11) is 1.71. The van der Waals surface area contributed by atoms with E-state index < -0.39 is 0 Å². The fourth-order valence-corrected chi connectivity index (χ4v) is 2.88. The van der Waals surface area contributed by atoms with Gasteiger partial charge in [-0.1, -0.05) is 23.7 Å². The van der Waals surface area contributed by atoms with Crippen molar-refractivity contribution in [3.63, 3.8) is 0 Å². The fraction of sp³-hybridized carbons (Fsp3) is 0.333. The van der Waals surface area contributed by atoms with Crippen molar-refractivity contribution < 1.29 is 4.74 Å². The number of aromatic nitrogens is 3. The van der Waals surface area contributed by atoms with Crippen LogP contribution in [0, 0.1) is 13.8 Å². The number of nitrogens with one attached hydrogen (secondary N) is 1. The van der Waals surface area contributed by atoms with Crippen LogP contribution in [-0.2, 0) is 4.74 Å². The molecule has 6 heteroatoms. The minimum atomic E-state index is 0.720. The van der Waals surface area contributed by atoms with Crippen LogP contribution in [0.3, 0.4) is 0 Å². The third-order valence-corrected chi connectivity index (χ3v) is 4.11. The summed E-state index contributed by atoms with van der Waals surface area (Å²) in [5, 5.41) is 8.82. The molecule has 0 aliphatic heterocycles. The zero-order valence-electron chi connectivity index (χ0n) is 14.1. The maximum Gasteiger partial charge on any atom is 0.165 e. The van der Waals surface area contributed by atoms with Crippen LogP contribution in [0.15, 0.2) is 30.3 Å². The molecule has 1 aromatic carbocycles. The SMILES string of the molecule is COCCCNc1cc(C)nc2c(-c3ccc(Cl)cc3)c(C)nn12. The first kappa shape index (κ1) is 16.7. The Bertz CT molecular complexity index is 842. The molecule has 0 saturated heterocycles. The Hall–Kier alpha value is -2.11. The summed E-state index contributed by atoms with van der Waals surface area (Å²) in [4.78, 5) is 4.70. The number of nitrogens with zero attached hydrogens (tertiary/aromatic N) is 3. The molecule has 3 aromatic rings. The Labute approximate surface area is 146 Å². The number of fused-ring (bicyclic) bond motifs is 1. The van der Waals surface area contributed by atoms with Gasteiger partial charge in [0, 0.05) is 42.6 Å². The number of ether oxygens (including phenoxy) is 1. The second-order valence-electron chi connectivity index (χ2n) is 5.76. The lowest BCUT2D eigenvalue weighted by Gasteiger charge is -2.09. The number of rotatable bonds is 6. The molecule has 0 amide bonds. The Morgan fingerprint density at radius 3 is 2.67 bits per heavy atom. The maximum atomic E-state index is 6.01. The van der Waals surface area contributed by atoms with Gasteiger partial charge in [-0.05, 0) is 38.0 Å². The van der Waals surface area contributed by atoms with E-state index in [0.29, 0.717) is 0 Å². The molecule has 5 nitrogen and oxygen atoms in total. The van der Waals surface area contributed by atoms with E-state index >= 15 is 0 Å². The molecular weight excluding hydrogens is 324 g/mol. The Morgan fingerprint density at radius 2 is 1.96 bits per heavy atom. The Balaban J connectivity index is 2.04. The summed E-state index contributed by atoms with van der Waals surface area (Å²) in [6, 6.07) is 9.79. The first-order chi connectivity index (χ1) is 11.6. The summed E-state index contributed by atoms with van der Waals surface area (Å²) in [6.45, 7) is 5.55. The summed E-state index contributed by atoms with van der Waals surface area (Å²) in [5.74, 6) is 0.942. The van der Waals surface area contributed by atoms with Gasteiger partial charge in [0.25, 0.3) is 0 Å². The van der Waals surface area contributed by atoms with E-state index in [1.54, 1.807) is 7.11 Å². The van der Waals surface area contributed by atoms with E-state index in [1.807, 2.05) is 48.7 Å². The predicted octanol–water partition coefficient (Wildman–Crippen LogP) is 4.11. The number of aryl methyl sites for hydroxylation is 2. The standard InChI is InChI=1S/C18H21ClN4O/c1-12-11-16(20-9-4-10-24-3)23-18(21-12)17(13(2)22-23)14-5-7-15(19)8-6-14/h5-8,11,20H,4,9-10H2,1-3H3. The first-order valence-electron chi connectivity index (χ1n) is 7.96. The third kappa shape index (κ3) is 3.37. The minimum Gasteiger partial charge on any atom is -0.385 e. The van der Waals surface area contributed by atoms with Crippen LogP contribution in [0.5, 0.6) is 0 Å². The quantitative estimate of drug-likeness (QED) is 0.683. The highest BCUT2D eigenvalue weighted by Crippen LogP contribution is 2.30. The van der Waals surface area contributed by atoms with Crippen LogP contribution in [0.1, 0.15) is 17.8 Å². The third-order valence-electron chi connectivity index (χ3n) is 3.86. The van der Waals surface area contributed by atoms with Gasteiger partial charge in [-0.2, -0.15) is 9.61 Å².